The van der Waals surface area contributed by atoms with Crippen molar-refractivity contribution in [1.29, 1.82) is 0 Å². The normalized spacial score (nSPS) is 10.2. The number of aromatic carboxylic acids is 1. The molecule has 0 bridgehead atoms. The molecule has 0 atom stereocenters. The summed E-state index contributed by atoms with van der Waals surface area (Å²) < 4.78 is 0. The Labute approximate surface area is 129 Å². The van der Waals surface area contributed by atoms with E-state index in [0.29, 0.717) is 5.69 Å². The van der Waals surface area contributed by atoms with E-state index >= 15 is 0 Å². The minimum atomic E-state index is -0.951. The zero-order chi connectivity index (χ0) is 14.5. The van der Waals surface area contributed by atoms with Crippen LogP contribution in [-0.4, -0.2) is 25.2 Å². The summed E-state index contributed by atoms with van der Waals surface area (Å²) in [6.45, 7) is 0. The van der Waals surface area contributed by atoms with Gasteiger partial charge in [-0.05, 0) is 48.5 Å². The molecule has 2 rings (SSSR count). The highest BCUT2D eigenvalue weighted by atomic mass is 35.5. The summed E-state index contributed by atoms with van der Waals surface area (Å²) in [7, 11) is 3.95. The fourth-order valence-electron chi connectivity index (χ4n) is 1.60. The molecule has 0 aliphatic carbocycles. The van der Waals surface area contributed by atoms with E-state index in [1.807, 2.05) is 43.3 Å². The van der Waals surface area contributed by atoms with Gasteiger partial charge in [0.1, 0.15) is 0 Å². The Morgan fingerprint density at radius 1 is 0.905 bits per heavy atom. The van der Waals surface area contributed by atoms with Gasteiger partial charge in [-0.25, -0.2) is 4.79 Å². The molecule has 0 amide bonds. The van der Waals surface area contributed by atoms with Crippen LogP contribution in [0.2, 0.25) is 0 Å². The van der Waals surface area contributed by atoms with Gasteiger partial charge in [0.05, 0.1) is 16.9 Å². The number of nitrogens with zero attached hydrogens (tertiary/aromatic N) is 3. The third-order valence-corrected chi connectivity index (χ3v) is 2.76. The molecule has 0 radical (unpaired) electrons. The van der Waals surface area contributed by atoms with Gasteiger partial charge >= 0.3 is 5.97 Å². The molecule has 5 nitrogen and oxygen atoms in total. The molecular weight excluding hydrogens is 290 g/mol. The SMILES string of the molecule is CN(C)c1ccc(N=Nc2ccc(C(=O)O)cc2)cc1.Cl. The maximum absolute atomic E-state index is 10.7. The lowest BCUT2D eigenvalue weighted by atomic mass is 10.2. The second kappa shape index (κ2) is 7.40. The molecule has 110 valence electrons. The van der Waals surface area contributed by atoms with E-state index in [1.165, 1.54) is 12.1 Å². The van der Waals surface area contributed by atoms with Crippen molar-refractivity contribution in [1.82, 2.24) is 0 Å². The quantitative estimate of drug-likeness (QED) is 0.857. The number of hydrogen-bond donors (Lipinski definition) is 1. The molecule has 6 heteroatoms. The van der Waals surface area contributed by atoms with Crippen LogP contribution >= 0.6 is 12.4 Å². The molecule has 0 saturated heterocycles. The Bertz CT molecular complexity index is 622. The van der Waals surface area contributed by atoms with Gasteiger partial charge in [-0.1, -0.05) is 0 Å². The fraction of sp³-hybridized carbons (Fsp3) is 0.133. The van der Waals surface area contributed by atoms with Crippen molar-refractivity contribution in [2.75, 3.05) is 19.0 Å². The van der Waals surface area contributed by atoms with Crippen molar-refractivity contribution < 1.29 is 9.90 Å². The predicted octanol–water partition coefficient (Wildman–Crippen LogP) is 4.29. The van der Waals surface area contributed by atoms with Gasteiger partial charge in [-0.2, -0.15) is 10.2 Å². The summed E-state index contributed by atoms with van der Waals surface area (Å²) >= 11 is 0. The summed E-state index contributed by atoms with van der Waals surface area (Å²) in [5.74, 6) is -0.951. The van der Waals surface area contributed by atoms with E-state index < -0.39 is 5.97 Å². The number of carbonyl (C=O) groups is 1. The van der Waals surface area contributed by atoms with Gasteiger partial charge < -0.3 is 10.0 Å². The standard InChI is InChI=1S/C15H15N3O2.ClH/c1-18(2)14-9-7-13(8-10-14)17-16-12-5-3-11(4-6-12)15(19)20;/h3-10H,1-2H3,(H,19,20);1H. The third-order valence-electron chi connectivity index (χ3n) is 2.76. The van der Waals surface area contributed by atoms with Crippen LogP contribution in [0.25, 0.3) is 0 Å². The number of carboxylic acids is 1. The highest BCUT2D eigenvalue weighted by Crippen LogP contribution is 2.21. The molecule has 1 N–H and O–H groups in total. The first-order chi connectivity index (χ1) is 9.56. The summed E-state index contributed by atoms with van der Waals surface area (Å²) in [6.07, 6.45) is 0. The second-order valence-corrected chi connectivity index (χ2v) is 4.46. The molecule has 2 aromatic carbocycles. The van der Waals surface area contributed by atoms with Crippen LogP contribution < -0.4 is 4.90 Å². The van der Waals surface area contributed by atoms with Crippen molar-refractivity contribution in [3.05, 3.63) is 54.1 Å². The highest BCUT2D eigenvalue weighted by Gasteiger charge is 2.01. The van der Waals surface area contributed by atoms with Gasteiger partial charge in [0, 0.05) is 19.8 Å². The van der Waals surface area contributed by atoms with Crippen LogP contribution in [0.1, 0.15) is 10.4 Å². The van der Waals surface area contributed by atoms with Gasteiger partial charge in [0.25, 0.3) is 0 Å². The van der Waals surface area contributed by atoms with E-state index in [9.17, 15) is 4.79 Å². The minimum Gasteiger partial charge on any atom is -0.478 e. The maximum Gasteiger partial charge on any atom is 0.335 e. The number of hydrogen-bond acceptors (Lipinski definition) is 4. The molecular formula is C15H16ClN3O2. The third kappa shape index (κ3) is 4.57. The summed E-state index contributed by atoms with van der Waals surface area (Å²) in [6, 6.07) is 13.9. The van der Waals surface area contributed by atoms with E-state index in [4.69, 9.17) is 5.11 Å². The van der Waals surface area contributed by atoms with E-state index in [-0.39, 0.29) is 18.0 Å². The number of benzene rings is 2. The largest absolute Gasteiger partial charge is 0.478 e. The molecule has 0 saturated carbocycles. The van der Waals surface area contributed by atoms with E-state index in [0.717, 1.165) is 11.4 Å². The molecule has 0 spiro atoms. The molecule has 0 aliphatic heterocycles. The summed E-state index contributed by atoms with van der Waals surface area (Å²) in [5.41, 5.74) is 2.69. The van der Waals surface area contributed by atoms with Crippen LogP contribution in [-0.2, 0) is 0 Å². The molecule has 0 aromatic heterocycles. The summed E-state index contributed by atoms with van der Waals surface area (Å²) in [5, 5.41) is 17.0. The Kier molecular flexibility index (Phi) is 5.87. The maximum atomic E-state index is 10.7. The molecule has 0 fully saturated rings. The average Bonchev–Trinajstić information content (AvgIpc) is 2.46. The van der Waals surface area contributed by atoms with Gasteiger partial charge in [0.2, 0.25) is 0 Å². The van der Waals surface area contributed by atoms with Crippen molar-refractivity contribution >= 4 is 35.4 Å². The fourth-order valence-corrected chi connectivity index (χ4v) is 1.60. The van der Waals surface area contributed by atoms with Crippen molar-refractivity contribution in [2.45, 2.75) is 0 Å². The number of azo groups is 1. The molecule has 2 aromatic rings. The van der Waals surface area contributed by atoms with Gasteiger partial charge in [-0.15, -0.1) is 12.4 Å². The number of anilines is 1. The lowest BCUT2D eigenvalue weighted by molar-refractivity contribution is 0.0697. The Hall–Kier alpha value is -2.40. The summed E-state index contributed by atoms with van der Waals surface area (Å²) in [4.78, 5) is 12.7. The lowest BCUT2D eigenvalue weighted by Crippen LogP contribution is -2.07. The van der Waals surface area contributed by atoms with Crippen LogP contribution in [0.3, 0.4) is 0 Å². The van der Waals surface area contributed by atoms with E-state index in [1.54, 1.807) is 12.1 Å². The molecule has 0 unspecified atom stereocenters. The first-order valence-corrected chi connectivity index (χ1v) is 6.09. The van der Waals surface area contributed by atoms with E-state index in [2.05, 4.69) is 10.2 Å². The number of halogens is 1. The highest BCUT2D eigenvalue weighted by molar-refractivity contribution is 5.87. The Morgan fingerprint density at radius 3 is 1.71 bits per heavy atom. The zero-order valence-electron chi connectivity index (χ0n) is 11.7. The Morgan fingerprint density at radius 2 is 1.33 bits per heavy atom. The molecule has 0 heterocycles. The van der Waals surface area contributed by atoms with Crippen molar-refractivity contribution in [3.8, 4) is 0 Å². The monoisotopic (exact) mass is 305 g/mol. The Balaban J connectivity index is 0.00000220. The predicted molar refractivity (Wildman–Crippen MR) is 85.6 cm³/mol. The first-order valence-electron chi connectivity index (χ1n) is 6.09. The number of carboxylic acid groups (broad SMARTS) is 1. The van der Waals surface area contributed by atoms with Crippen LogP contribution in [0.5, 0.6) is 0 Å². The van der Waals surface area contributed by atoms with Crippen molar-refractivity contribution in [3.63, 3.8) is 0 Å². The van der Waals surface area contributed by atoms with Crippen LogP contribution in [0.15, 0.2) is 58.8 Å². The topological polar surface area (TPSA) is 65.3 Å². The second-order valence-electron chi connectivity index (χ2n) is 4.46. The zero-order valence-corrected chi connectivity index (χ0v) is 12.5. The number of rotatable bonds is 4. The van der Waals surface area contributed by atoms with Crippen LogP contribution in [0, 0.1) is 0 Å². The molecule has 21 heavy (non-hydrogen) atoms. The first kappa shape index (κ1) is 16.7. The van der Waals surface area contributed by atoms with Gasteiger partial charge in [-0.3, -0.25) is 0 Å². The van der Waals surface area contributed by atoms with Gasteiger partial charge in [0.15, 0.2) is 0 Å². The molecule has 0 aliphatic rings. The smallest absolute Gasteiger partial charge is 0.335 e. The lowest BCUT2D eigenvalue weighted by Gasteiger charge is -2.11. The average molecular weight is 306 g/mol. The van der Waals surface area contributed by atoms with Crippen LogP contribution in [0.4, 0.5) is 17.1 Å². The minimum absolute atomic E-state index is 0. The van der Waals surface area contributed by atoms with Crippen molar-refractivity contribution in [2.24, 2.45) is 10.2 Å².